The number of benzene rings is 1. The minimum Gasteiger partial charge on any atom is -0.382 e. The zero-order valence-corrected chi connectivity index (χ0v) is 14.9. The maximum absolute atomic E-state index is 12.2. The molecule has 3 aromatic rings. The Labute approximate surface area is 145 Å². The Hall–Kier alpha value is -2.74. The molecule has 7 nitrogen and oxygen atoms in total. The smallest absolute Gasteiger partial charge is 0.189 e. The number of hydrogen-bond acceptors (Lipinski definition) is 7. The summed E-state index contributed by atoms with van der Waals surface area (Å²) < 4.78 is 29.6. The lowest BCUT2D eigenvalue weighted by Crippen LogP contribution is -2.13. The second kappa shape index (κ2) is 6.29. The molecule has 0 aliphatic rings. The fraction of sp³-hybridized carbons (Fsp3) is 0.235. The van der Waals surface area contributed by atoms with Gasteiger partial charge in [-0.15, -0.1) is 0 Å². The van der Waals surface area contributed by atoms with Crippen molar-refractivity contribution in [3.63, 3.8) is 0 Å². The van der Waals surface area contributed by atoms with Gasteiger partial charge in [0.15, 0.2) is 27.1 Å². The molecule has 25 heavy (non-hydrogen) atoms. The second-order valence-electron chi connectivity index (χ2n) is 5.94. The molecule has 0 bridgehead atoms. The molecule has 0 radical (unpaired) electrons. The van der Waals surface area contributed by atoms with E-state index in [0.717, 1.165) is 5.56 Å². The highest BCUT2D eigenvalue weighted by Gasteiger charge is 2.19. The summed E-state index contributed by atoms with van der Waals surface area (Å²) in [6.07, 6.45) is 1.54. The van der Waals surface area contributed by atoms with Crippen molar-refractivity contribution in [2.45, 2.75) is 30.9 Å². The summed E-state index contributed by atoms with van der Waals surface area (Å²) in [5.41, 5.74) is 8.29. The van der Waals surface area contributed by atoms with Gasteiger partial charge in [0.05, 0.1) is 27.7 Å². The van der Waals surface area contributed by atoms with Crippen LogP contribution in [0.3, 0.4) is 0 Å². The first kappa shape index (κ1) is 17.1. The molecule has 2 aromatic heterocycles. The number of nitrogens with zero attached hydrogens (tertiary/aromatic N) is 3. The minimum atomic E-state index is -3.31. The molecule has 0 amide bonds. The molecule has 2 N–H and O–H groups in total. The van der Waals surface area contributed by atoms with E-state index in [-0.39, 0.29) is 10.7 Å². The third-order valence-electron chi connectivity index (χ3n) is 3.76. The molecule has 0 saturated carbocycles. The Morgan fingerprint density at radius 2 is 1.84 bits per heavy atom. The number of nitrogens with two attached hydrogens (primary N) is 1. The summed E-state index contributed by atoms with van der Waals surface area (Å²) in [5, 5.41) is 3.35. The van der Waals surface area contributed by atoms with E-state index in [0.29, 0.717) is 22.8 Å². The van der Waals surface area contributed by atoms with Crippen LogP contribution in [0.25, 0.3) is 22.7 Å². The highest BCUT2D eigenvalue weighted by atomic mass is 32.2. The highest BCUT2D eigenvalue weighted by Crippen LogP contribution is 2.27. The molecule has 8 heteroatoms. The van der Waals surface area contributed by atoms with Crippen LogP contribution >= 0.6 is 0 Å². The van der Waals surface area contributed by atoms with Crippen LogP contribution in [0.4, 0.5) is 5.82 Å². The highest BCUT2D eigenvalue weighted by molar-refractivity contribution is 7.92. The quantitative estimate of drug-likeness (QED) is 0.763. The molecule has 0 aliphatic heterocycles. The van der Waals surface area contributed by atoms with Crippen LogP contribution in [0.15, 0.2) is 45.9 Å². The van der Waals surface area contributed by atoms with E-state index < -0.39 is 15.1 Å². The number of nitrogen functional groups attached to an aromatic ring is 1. The van der Waals surface area contributed by atoms with Gasteiger partial charge in [-0.05, 0) is 32.9 Å². The zero-order valence-electron chi connectivity index (χ0n) is 14.1. The number of sulfone groups is 1. The fourth-order valence-corrected chi connectivity index (χ4v) is 3.34. The van der Waals surface area contributed by atoms with Crippen LogP contribution in [0.5, 0.6) is 0 Å². The molecule has 0 atom stereocenters. The molecule has 0 spiro atoms. The molecule has 0 aliphatic carbocycles. The van der Waals surface area contributed by atoms with Crippen molar-refractivity contribution in [2.24, 2.45) is 0 Å². The minimum absolute atomic E-state index is 0.235. The molecular formula is C17H18N4O3S. The van der Waals surface area contributed by atoms with Crippen molar-refractivity contribution in [3.8, 4) is 22.7 Å². The third-order valence-corrected chi connectivity index (χ3v) is 5.93. The summed E-state index contributed by atoms with van der Waals surface area (Å²) in [4.78, 5) is 8.91. The summed E-state index contributed by atoms with van der Waals surface area (Å²) in [7, 11) is -3.31. The van der Waals surface area contributed by atoms with Gasteiger partial charge in [0.1, 0.15) is 0 Å². The van der Waals surface area contributed by atoms with Gasteiger partial charge in [-0.1, -0.05) is 17.3 Å². The maximum Gasteiger partial charge on any atom is 0.189 e. The normalized spacial score (nSPS) is 11.8. The summed E-state index contributed by atoms with van der Waals surface area (Å²) in [5.74, 6) is 0.669. The van der Waals surface area contributed by atoms with E-state index in [9.17, 15) is 8.42 Å². The molecule has 3 rings (SSSR count). The van der Waals surface area contributed by atoms with Crippen molar-refractivity contribution in [1.82, 2.24) is 15.1 Å². The van der Waals surface area contributed by atoms with Crippen LogP contribution in [0.1, 0.15) is 19.5 Å². The van der Waals surface area contributed by atoms with Gasteiger partial charge in [0.25, 0.3) is 0 Å². The van der Waals surface area contributed by atoms with Crippen molar-refractivity contribution in [1.29, 1.82) is 0 Å². The first-order valence-corrected chi connectivity index (χ1v) is 9.24. The lowest BCUT2D eigenvalue weighted by molar-refractivity contribution is 0.426. The van der Waals surface area contributed by atoms with E-state index in [1.165, 1.54) is 6.20 Å². The number of hydrogen-bond donors (Lipinski definition) is 1. The van der Waals surface area contributed by atoms with Gasteiger partial charge in [-0.2, -0.15) is 0 Å². The number of rotatable bonds is 4. The fourth-order valence-electron chi connectivity index (χ4n) is 2.28. The van der Waals surface area contributed by atoms with Crippen LogP contribution in [0.2, 0.25) is 0 Å². The molecule has 2 heterocycles. The first-order chi connectivity index (χ1) is 11.8. The number of anilines is 1. The average molecular weight is 358 g/mol. The van der Waals surface area contributed by atoms with E-state index >= 15 is 0 Å². The largest absolute Gasteiger partial charge is 0.382 e. The van der Waals surface area contributed by atoms with Gasteiger partial charge >= 0.3 is 0 Å². The van der Waals surface area contributed by atoms with Crippen molar-refractivity contribution < 1.29 is 12.9 Å². The molecule has 0 saturated heterocycles. The van der Waals surface area contributed by atoms with Gasteiger partial charge in [-0.25, -0.2) is 18.4 Å². The van der Waals surface area contributed by atoms with Gasteiger partial charge in [0, 0.05) is 11.6 Å². The summed E-state index contributed by atoms with van der Waals surface area (Å²) in [6.45, 7) is 5.11. The first-order valence-electron chi connectivity index (χ1n) is 7.69. The lowest BCUT2D eigenvalue weighted by atomic mass is 10.1. The van der Waals surface area contributed by atoms with Gasteiger partial charge < -0.3 is 10.3 Å². The van der Waals surface area contributed by atoms with Gasteiger partial charge in [-0.3, -0.25) is 0 Å². The Morgan fingerprint density at radius 3 is 2.40 bits per heavy atom. The molecule has 0 fully saturated rings. The van der Waals surface area contributed by atoms with Crippen LogP contribution in [0, 0.1) is 6.92 Å². The molecule has 1 aromatic carbocycles. The van der Waals surface area contributed by atoms with Crippen molar-refractivity contribution >= 4 is 15.7 Å². The van der Waals surface area contributed by atoms with E-state index in [4.69, 9.17) is 10.3 Å². The molecule has 0 unspecified atom stereocenters. The topological polar surface area (TPSA) is 112 Å². The van der Waals surface area contributed by atoms with E-state index in [1.54, 1.807) is 51.1 Å². The third kappa shape index (κ3) is 3.25. The van der Waals surface area contributed by atoms with Crippen molar-refractivity contribution in [3.05, 3.63) is 42.2 Å². The lowest BCUT2D eigenvalue weighted by Gasteiger charge is -2.09. The molecule has 130 valence electrons. The SMILES string of the molecule is Cc1cc(-c2nc(-c3ccc(S(=O)(=O)C(C)C)cc3)cnc2N)on1. The summed E-state index contributed by atoms with van der Waals surface area (Å²) >= 11 is 0. The zero-order chi connectivity index (χ0) is 18.2. The van der Waals surface area contributed by atoms with Crippen LogP contribution in [-0.2, 0) is 9.84 Å². The average Bonchev–Trinajstić information content (AvgIpc) is 3.01. The van der Waals surface area contributed by atoms with Crippen LogP contribution in [-0.4, -0.2) is 28.8 Å². The Morgan fingerprint density at radius 1 is 1.16 bits per heavy atom. The predicted octanol–water partition coefficient (Wildman–Crippen LogP) is 2.87. The second-order valence-corrected chi connectivity index (χ2v) is 8.44. The maximum atomic E-state index is 12.2. The van der Waals surface area contributed by atoms with Crippen molar-refractivity contribution in [2.75, 3.05) is 5.73 Å². The predicted molar refractivity (Wildman–Crippen MR) is 94.4 cm³/mol. The number of aromatic nitrogens is 3. The Balaban J connectivity index is 2.00. The number of aryl methyl sites for hydroxylation is 1. The Kier molecular flexibility index (Phi) is 4.30. The standard InChI is InChI=1S/C17H18N4O3S/c1-10(2)25(22,23)13-6-4-12(5-7-13)14-9-19-17(18)16(20-14)15-8-11(3)21-24-15/h4-10H,1-3H3,(H2,18,19). The summed E-state index contributed by atoms with van der Waals surface area (Å²) in [6, 6.07) is 8.26. The van der Waals surface area contributed by atoms with E-state index in [2.05, 4.69) is 15.1 Å². The monoisotopic (exact) mass is 358 g/mol. The Bertz CT molecular complexity index is 1010. The van der Waals surface area contributed by atoms with Crippen LogP contribution < -0.4 is 5.73 Å². The van der Waals surface area contributed by atoms with Gasteiger partial charge in [0.2, 0.25) is 0 Å². The van der Waals surface area contributed by atoms with E-state index in [1.807, 2.05) is 0 Å². The molecular weight excluding hydrogens is 340 g/mol.